The van der Waals surface area contributed by atoms with Crippen molar-refractivity contribution in [1.29, 1.82) is 0 Å². The first-order valence-corrected chi connectivity index (χ1v) is 9.25. The summed E-state index contributed by atoms with van der Waals surface area (Å²) in [7, 11) is 0. The van der Waals surface area contributed by atoms with Gasteiger partial charge in [-0.1, -0.05) is 19.3 Å². The van der Waals surface area contributed by atoms with E-state index in [2.05, 4.69) is 19.9 Å². The van der Waals surface area contributed by atoms with Gasteiger partial charge in [-0.3, -0.25) is 0 Å². The normalized spacial score (nSPS) is 16.2. The van der Waals surface area contributed by atoms with Crippen LogP contribution in [0.4, 0.5) is 0 Å². The van der Waals surface area contributed by atoms with Crippen LogP contribution in [0.3, 0.4) is 0 Å². The highest BCUT2D eigenvalue weighted by atomic mass is 16.5. The third kappa shape index (κ3) is 8.29. The predicted octanol–water partition coefficient (Wildman–Crippen LogP) is 1.79. The van der Waals surface area contributed by atoms with Crippen molar-refractivity contribution in [3.05, 3.63) is 36.4 Å². The molecule has 2 heterocycles. The Morgan fingerprint density at radius 3 is 2.36 bits per heavy atom. The summed E-state index contributed by atoms with van der Waals surface area (Å²) in [5.74, 6) is 0.767. The van der Waals surface area contributed by atoms with Gasteiger partial charge in [0.15, 0.2) is 0 Å². The lowest BCUT2D eigenvalue weighted by molar-refractivity contribution is 0.0758. The molecule has 2 aromatic rings. The van der Waals surface area contributed by atoms with Gasteiger partial charge < -0.3 is 26.2 Å². The van der Waals surface area contributed by atoms with Crippen LogP contribution in [0.5, 0.6) is 0 Å². The fourth-order valence-corrected chi connectivity index (χ4v) is 3.05. The minimum Gasteiger partial charge on any atom is -0.380 e. The maximum absolute atomic E-state index is 6.01. The second kappa shape index (κ2) is 11.8. The van der Waals surface area contributed by atoms with Crippen LogP contribution in [0, 0.1) is 5.92 Å². The fourth-order valence-electron chi connectivity index (χ4n) is 3.05. The molecular weight excluding hydrogens is 316 g/mol. The number of nitrogens with two attached hydrogens (primary N) is 2. The molecule has 3 rings (SSSR count). The monoisotopic (exact) mass is 348 g/mol. The Bertz CT molecular complexity index is 522. The van der Waals surface area contributed by atoms with E-state index < -0.39 is 0 Å². The van der Waals surface area contributed by atoms with Gasteiger partial charge in [0.2, 0.25) is 0 Å². The highest BCUT2D eigenvalue weighted by Gasteiger charge is 2.14. The van der Waals surface area contributed by atoms with Gasteiger partial charge in [-0.25, -0.2) is 9.97 Å². The zero-order valence-electron chi connectivity index (χ0n) is 15.0. The van der Waals surface area contributed by atoms with E-state index in [1.807, 2.05) is 6.20 Å². The zero-order chi connectivity index (χ0) is 17.7. The van der Waals surface area contributed by atoms with Gasteiger partial charge in [0.25, 0.3) is 0 Å². The van der Waals surface area contributed by atoms with Crippen LogP contribution in [0.25, 0.3) is 0 Å². The van der Waals surface area contributed by atoms with Crippen LogP contribution >= 0.6 is 0 Å². The Balaban J connectivity index is 0.000000236. The molecular formula is C18H32N6O. The molecule has 25 heavy (non-hydrogen) atoms. The SMILES string of the molecule is NCCc1cnc[nH]1.N[C@@H](COCC1CCCCC1)Cc1cnc[nH]1. The summed E-state index contributed by atoms with van der Waals surface area (Å²) >= 11 is 0. The van der Waals surface area contributed by atoms with Crippen molar-refractivity contribution in [3.63, 3.8) is 0 Å². The van der Waals surface area contributed by atoms with Gasteiger partial charge in [0.1, 0.15) is 0 Å². The van der Waals surface area contributed by atoms with Gasteiger partial charge in [-0.15, -0.1) is 0 Å². The molecule has 0 bridgehead atoms. The molecule has 1 atom stereocenters. The average molecular weight is 348 g/mol. The Labute approximate surface area is 150 Å². The maximum atomic E-state index is 6.01. The Hall–Kier alpha value is -1.70. The number of hydrogen-bond acceptors (Lipinski definition) is 5. The first kappa shape index (κ1) is 19.6. The number of aromatic nitrogens is 4. The number of H-pyrrole nitrogens is 2. The molecule has 0 saturated heterocycles. The Morgan fingerprint density at radius 2 is 1.76 bits per heavy atom. The molecule has 0 aromatic carbocycles. The molecule has 7 heteroatoms. The summed E-state index contributed by atoms with van der Waals surface area (Å²) in [4.78, 5) is 13.8. The lowest BCUT2D eigenvalue weighted by atomic mass is 9.90. The van der Waals surface area contributed by atoms with Crippen molar-refractivity contribution in [1.82, 2.24) is 19.9 Å². The lowest BCUT2D eigenvalue weighted by Crippen LogP contribution is -2.30. The third-order valence-electron chi connectivity index (χ3n) is 4.42. The lowest BCUT2D eigenvalue weighted by Gasteiger charge is -2.22. The number of imidazole rings is 2. The van der Waals surface area contributed by atoms with Crippen LogP contribution in [-0.4, -0.2) is 45.7 Å². The standard InChI is InChI=1S/C13H23N3O.C5H9N3/c14-12(6-13-7-15-10-16-13)9-17-8-11-4-2-1-3-5-11;6-2-1-5-3-7-4-8-5/h7,10-12H,1-6,8-9,14H2,(H,15,16);3-4H,1-2,6H2,(H,7,8)/t12-;/m1./s1. The van der Waals surface area contributed by atoms with Crippen LogP contribution < -0.4 is 11.5 Å². The summed E-state index contributed by atoms with van der Waals surface area (Å²) in [5.41, 5.74) is 13.5. The highest BCUT2D eigenvalue weighted by molar-refractivity contribution is 4.97. The summed E-state index contributed by atoms with van der Waals surface area (Å²) in [6, 6.07) is 0.0686. The molecule has 0 unspecified atom stereocenters. The van der Waals surface area contributed by atoms with Gasteiger partial charge in [-0.2, -0.15) is 0 Å². The highest BCUT2D eigenvalue weighted by Crippen LogP contribution is 2.23. The molecule has 6 N–H and O–H groups in total. The topological polar surface area (TPSA) is 119 Å². The molecule has 0 aliphatic heterocycles. The van der Waals surface area contributed by atoms with E-state index in [-0.39, 0.29) is 6.04 Å². The van der Waals surface area contributed by atoms with E-state index >= 15 is 0 Å². The maximum Gasteiger partial charge on any atom is 0.0921 e. The minimum atomic E-state index is 0.0686. The van der Waals surface area contributed by atoms with Gasteiger partial charge in [0.05, 0.1) is 19.3 Å². The Kier molecular flexibility index (Phi) is 9.25. The second-order valence-electron chi connectivity index (χ2n) is 6.70. The first-order chi connectivity index (χ1) is 12.3. The molecule has 1 fully saturated rings. The van der Waals surface area contributed by atoms with Crippen molar-refractivity contribution >= 4 is 0 Å². The summed E-state index contributed by atoms with van der Waals surface area (Å²) in [6.45, 7) is 2.22. The predicted molar refractivity (Wildman–Crippen MR) is 99.0 cm³/mol. The molecule has 0 amide bonds. The van der Waals surface area contributed by atoms with Crippen LogP contribution in [0.1, 0.15) is 43.5 Å². The van der Waals surface area contributed by atoms with Crippen molar-refractivity contribution in [2.24, 2.45) is 17.4 Å². The molecule has 2 aromatic heterocycles. The first-order valence-electron chi connectivity index (χ1n) is 9.25. The van der Waals surface area contributed by atoms with E-state index in [4.69, 9.17) is 16.2 Å². The minimum absolute atomic E-state index is 0.0686. The number of ether oxygens (including phenoxy) is 1. The number of hydrogen-bond donors (Lipinski definition) is 4. The Morgan fingerprint density at radius 1 is 1.08 bits per heavy atom. The van der Waals surface area contributed by atoms with E-state index in [9.17, 15) is 0 Å². The van der Waals surface area contributed by atoms with Gasteiger partial charge in [0, 0.05) is 49.3 Å². The zero-order valence-corrected chi connectivity index (χ0v) is 15.0. The van der Waals surface area contributed by atoms with Crippen LogP contribution in [0.2, 0.25) is 0 Å². The van der Waals surface area contributed by atoms with E-state index in [0.29, 0.717) is 13.2 Å². The summed E-state index contributed by atoms with van der Waals surface area (Å²) in [6.07, 6.45) is 15.4. The summed E-state index contributed by atoms with van der Waals surface area (Å²) in [5, 5.41) is 0. The number of rotatable bonds is 8. The molecule has 140 valence electrons. The van der Waals surface area contributed by atoms with Crippen molar-refractivity contribution < 1.29 is 4.74 Å². The van der Waals surface area contributed by atoms with E-state index in [1.54, 1.807) is 18.9 Å². The van der Waals surface area contributed by atoms with E-state index in [1.165, 1.54) is 32.1 Å². The van der Waals surface area contributed by atoms with Crippen molar-refractivity contribution in [3.8, 4) is 0 Å². The number of nitrogens with one attached hydrogen (secondary N) is 2. The van der Waals surface area contributed by atoms with Crippen LogP contribution in [-0.2, 0) is 17.6 Å². The number of aromatic amines is 2. The summed E-state index contributed by atoms with van der Waals surface area (Å²) < 4.78 is 5.72. The molecule has 7 nitrogen and oxygen atoms in total. The molecule has 0 radical (unpaired) electrons. The van der Waals surface area contributed by atoms with Gasteiger partial charge in [-0.05, 0) is 25.3 Å². The quantitative estimate of drug-likeness (QED) is 0.580. The molecule has 0 spiro atoms. The molecule has 1 aliphatic carbocycles. The van der Waals surface area contributed by atoms with Gasteiger partial charge >= 0.3 is 0 Å². The van der Waals surface area contributed by atoms with Crippen molar-refractivity contribution in [2.75, 3.05) is 19.8 Å². The van der Waals surface area contributed by atoms with Crippen LogP contribution in [0.15, 0.2) is 25.0 Å². The molecule has 1 aliphatic rings. The van der Waals surface area contributed by atoms with Crippen molar-refractivity contribution in [2.45, 2.75) is 51.0 Å². The average Bonchev–Trinajstić information content (AvgIpc) is 3.31. The van der Waals surface area contributed by atoms with E-state index in [0.717, 1.165) is 36.8 Å². The number of nitrogens with zero attached hydrogens (tertiary/aromatic N) is 2. The second-order valence-corrected chi connectivity index (χ2v) is 6.70. The third-order valence-corrected chi connectivity index (χ3v) is 4.42. The fraction of sp³-hybridized carbons (Fsp3) is 0.667. The largest absolute Gasteiger partial charge is 0.380 e. The smallest absolute Gasteiger partial charge is 0.0921 e. The molecule has 1 saturated carbocycles.